The van der Waals surface area contributed by atoms with E-state index in [2.05, 4.69) is 20.8 Å². The Bertz CT molecular complexity index is 944. The highest BCUT2D eigenvalue weighted by Crippen LogP contribution is 2.27. The van der Waals surface area contributed by atoms with Crippen molar-refractivity contribution in [3.05, 3.63) is 53.0 Å². The van der Waals surface area contributed by atoms with Gasteiger partial charge in [0, 0.05) is 5.69 Å². The van der Waals surface area contributed by atoms with Gasteiger partial charge in [-0.25, -0.2) is 0 Å². The number of nitrogens with one attached hydrogen (secondary N) is 2. The molecule has 2 aromatic heterocycles. The fourth-order valence-corrected chi connectivity index (χ4v) is 4.11. The molecule has 2 amide bonds. The lowest BCUT2D eigenvalue weighted by Gasteiger charge is -2.12. The van der Waals surface area contributed by atoms with E-state index in [0.717, 1.165) is 22.4 Å². The highest BCUT2D eigenvalue weighted by Gasteiger charge is 2.14. The maximum absolute atomic E-state index is 12.3. The topological polar surface area (TPSA) is 97.1 Å². The van der Waals surface area contributed by atoms with E-state index >= 15 is 0 Å². The first-order valence-electron chi connectivity index (χ1n) is 8.11. The van der Waals surface area contributed by atoms with E-state index < -0.39 is 5.91 Å². The molecule has 0 bridgehead atoms. The number of hydrogen-bond donors (Lipinski definition) is 2. The van der Waals surface area contributed by atoms with E-state index in [1.807, 2.05) is 32.9 Å². The Kier molecular flexibility index (Phi) is 5.92. The molecule has 27 heavy (non-hydrogen) atoms. The van der Waals surface area contributed by atoms with Gasteiger partial charge in [0.2, 0.25) is 11.0 Å². The van der Waals surface area contributed by atoms with Crippen LogP contribution in [0.3, 0.4) is 0 Å². The van der Waals surface area contributed by atoms with Crippen LogP contribution in [0.2, 0.25) is 0 Å². The molecule has 0 unspecified atom stereocenters. The standard InChI is InChI=1S/C18H18N4O3S2/c1-10-7-11(2)15(12(3)8-10)19-14(23)9-26-18-22-21-17(27-18)20-16(24)13-5-4-6-25-13/h4-8H,9H2,1-3H3,(H,19,23)(H,20,21,24). The van der Waals surface area contributed by atoms with Crippen LogP contribution in [0, 0.1) is 20.8 Å². The monoisotopic (exact) mass is 402 g/mol. The number of furan rings is 1. The lowest BCUT2D eigenvalue weighted by Crippen LogP contribution is -2.15. The molecular formula is C18H18N4O3S2. The Labute approximate surface area is 164 Å². The zero-order chi connectivity index (χ0) is 19.4. The predicted octanol–water partition coefficient (Wildman–Crippen LogP) is 4.04. The molecular weight excluding hydrogens is 384 g/mol. The smallest absolute Gasteiger partial charge is 0.293 e. The molecule has 0 radical (unpaired) electrons. The number of aromatic nitrogens is 2. The van der Waals surface area contributed by atoms with Crippen molar-refractivity contribution in [2.24, 2.45) is 0 Å². The summed E-state index contributed by atoms with van der Waals surface area (Å²) in [6.45, 7) is 5.97. The summed E-state index contributed by atoms with van der Waals surface area (Å²) in [6.07, 6.45) is 1.42. The highest BCUT2D eigenvalue weighted by molar-refractivity contribution is 8.01. The minimum Gasteiger partial charge on any atom is -0.459 e. The summed E-state index contributed by atoms with van der Waals surface area (Å²) in [5, 5.41) is 13.8. The van der Waals surface area contributed by atoms with Crippen LogP contribution in [-0.4, -0.2) is 27.8 Å². The van der Waals surface area contributed by atoms with Gasteiger partial charge in [-0.05, 0) is 44.0 Å². The molecule has 0 saturated heterocycles. The lowest BCUT2D eigenvalue weighted by atomic mass is 10.1. The fourth-order valence-electron chi connectivity index (χ4n) is 2.57. The first-order valence-corrected chi connectivity index (χ1v) is 9.91. The number of nitrogens with zero attached hydrogens (tertiary/aromatic N) is 2. The van der Waals surface area contributed by atoms with Crippen LogP contribution in [0.15, 0.2) is 39.3 Å². The first kappa shape index (κ1) is 19.1. The van der Waals surface area contributed by atoms with Crippen LogP contribution in [0.25, 0.3) is 0 Å². The van der Waals surface area contributed by atoms with Gasteiger partial charge >= 0.3 is 0 Å². The van der Waals surface area contributed by atoms with E-state index in [0.29, 0.717) is 9.47 Å². The number of carbonyl (C=O) groups excluding carboxylic acids is 2. The summed E-state index contributed by atoms with van der Waals surface area (Å²) in [6, 6.07) is 7.26. The Morgan fingerprint density at radius 3 is 2.56 bits per heavy atom. The molecule has 0 aliphatic carbocycles. The van der Waals surface area contributed by atoms with Gasteiger partial charge < -0.3 is 9.73 Å². The SMILES string of the molecule is Cc1cc(C)c(NC(=O)CSc2nnc(NC(=O)c3ccco3)s2)c(C)c1. The second kappa shape index (κ2) is 8.36. The quantitative estimate of drug-likeness (QED) is 0.477. The van der Waals surface area contributed by atoms with Crippen LogP contribution >= 0.6 is 23.1 Å². The second-order valence-corrected chi connectivity index (χ2v) is 8.12. The van der Waals surface area contributed by atoms with Crippen molar-refractivity contribution in [1.29, 1.82) is 0 Å². The van der Waals surface area contributed by atoms with E-state index in [9.17, 15) is 9.59 Å². The van der Waals surface area contributed by atoms with Crippen molar-refractivity contribution in [1.82, 2.24) is 10.2 Å². The number of thioether (sulfide) groups is 1. The summed E-state index contributed by atoms with van der Waals surface area (Å²) in [5.74, 6) is -0.113. The van der Waals surface area contributed by atoms with Crippen molar-refractivity contribution < 1.29 is 14.0 Å². The van der Waals surface area contributed by atoms with Crippen LogP contribution in [0.5, 0.6) is 0 Å². The van der Waals surface area contributed by atoms with Crippen LogP contribution in [0.4, 0.5) is 10.8 Å². The Hall–Kier alpha value is -2.65. The number of amides is 2. The van der Waals surface area contributed by atoms with Gasteiger partial charge in [-0.15, -0.1) is 10.2 Å². The van der Waals surface area contributed by atoms with Crippen molar-refractivity contribution in [2.45, 2.75) is 25.1 Å². The summed E-state index contributed by atoms with van der Waals surface area (Å²) in [7, 11) is 0. The van der Waals surface area contributed by atoms with Crippen molar-refractivity contribution in [3.63, 3.8) is 0 Å². The van der Waals surface area contributed by atoms with Gasteiger partial charge in [0.25, 0.3) is 5.91 Å². The van der Waals surface area contributed by atoms with Crippen molar-refractivity contribution in [3.8, 4) is 0 Å². The number of anilines is 2. The molecule has 7 nitrogen and oxygen atoms in total. The van der Waals surface area contributed by atoms with E-state index in [4.69, 9.17) is 4.42 Å². The summed E-state index contributed by atoms with van der Waals surface area (Å²) >= 11 is 2.47. The number of rotatable bonds is 6. The minimum atomic E-state index is -0.393. The average Bonchev–Trinajstić information content (AvgIpc) is 3.28. The zero-order valence-corrected chi connectivity index (χ0v) is 16.7. The molecule has 0 spiro atoms. The van der Waals surface area contributed by atoms with Gasteiger partial charge in [-0.2, -0.15) is 0 Å². The van der Waals surface area contributed by atoms with Crippen LogP contribution in [-0.2, 0) is 4.79 Å². The van der Waals surface area contributed by atoms with Gasteiger partial charge in [-0.3, -0.25) is 14.9 Å². The zero-order valence-electron chi connectivity index (χ0n) is 15.0. The van der Waals surface area contributed by atoms with Crippen LogP contribution < -0.4 is 10.6 Å². The minimum absolute atomic E-state index is 0.119. The molecule has 9 heteroatoms. The maximum atomic E-state index is 12.3. The Balaban J connectivity index is 1.54. The van der Waals surface area contributed by atoms with Gasteiger partial charge in [0.1, 0.15) is 0 Å². The Morgan fingerprint density at radius 1 is 1.15 bits per heavy atom. The third-order valence-electron chi connectivity index (χ3n) is 3.64. The number of hydrogen-bond acceptors (Lipinski definition) is 7. The number of benzene rings is 1. The number of carbonyl (C=O) groups is 2. The van der Waals surface area contributed by atoms with E-state index in [1.165, 1.54) is 29.4 Å². The molecule has 0 atom stereocenters. The third kappa shape index (κ3) is 4.95. The number of aryl methyl sites for hydroxylation is 3. The van der Waals surface area contributed by atoms with Gasteiger partial charge in [-0.1, -0.05) is 40.8 Å². The molecule has 2 N–H and O–H groups in total. The molecule has 3 aromatic rings. The van der Waals surface area contributed by atoms with Gasteiger partial charge in [0.15, 0.2) is 10.1 Å². The van der Waals surface area contributed by atoms with Crippen LogP contribution in [0.1, 0.15) is 27.2 Å². The van der Waals surface area contributed by atoms with Crippen molar-refractivity contribution >= 4 is 45.7 Å². The van der Waals surface area contributed by atoms with Gasteiger partial charge in [0.05, 0.1) is 12.0 Å². The largest absolute Gasteiger partial charge is 0.459 e. The normalized spacial score (nSPS) is 10.6. The molecule has 0 aliphatic heterocycles. The molecule has 140 valence electrons. The van der Waals surface area contributed by atoms with Crippen molar-refractivity contribution in [2.75, 3.05) is 16.4 Å². The molecule has 0 aliphatic rings. The second-order valence-electron chi connectivity index (χ2n) is 5.92. The molecule has 0 fully saturated rings. The summed E-state index contributed by atoms with van der Waals surface area (Å²) < 4.78 is 5.62. The summed E-state index contributed by atoms with van der Waals surface area (Å²) in [4.78, 5) is 24.2. The molecule has 2 heterocycles. The van der Waals surface area contributed by atoms with E-state index in [1.54, 1.807) is 12.1 Å². The maximum Gasteiger partial charge on any atom is 0.293 e. The average molecular weight is 403 g/mol. The molecule has 3 rings (SSSR count). The lowest BCUT2D eigenvalue weighted by molar-refractivity contribution is -0.113. The summed E-state index contributed by atoms with van der Waals surface area (Å²) in [5.41, 5.74) is 4.07. The molecule has 0 saturated carbocycles. The Morgan fingerprint density at radius 2 is 1.89 bits per heavy atom. The van der Waals surface area contributed by atoms with E-state index in [-0.39, 0.29) is 17.4 Å². The molecule has 1 aromatic carbocycles. The predicted molar refractivity (Wildman–Crippen MR) is 107 cm³/mol. The highest BCUT2D eigenvalue weighted by atomic mass is 32.2. The first-order chi connectivity index (χ1) is 12.9. The third-order valence-corrected chi connectivity index (χ3v) is 5.61. The fraction of sp³-hybridized carbons (Fsp3) is 0.222.